The van der Waals surface area contributed by atoms with Crippen LogP contribution in [0.2, 0.25) is 5.02 Å². The number of halogens is 1. The van der Waals surface area contributed by atoms with Crippen molar-refractivity contribution in [3.63, 3.8) is 0 Å². The summed E-state index contributed by atoms with van der Waals surface area (Å²) in [5.74, 6) is 0.844. The Balaban J connectivity index is 2.07. The first-order valence-corrected chi connectivity index (χ1v) is 7.82. The molecule has 0 spiro atoms. The molecule has 1 aromatic rings. The molecule has 1 saturated heterocycles. The number of nitrogens with one attached hydrogen (secondary N) is 1. The molecule has 1 aliphatic heterocycles. The highest BCUT2D eigenvalue weighted by atomic mass is 35.5. The molecule has 106 valence electrons. The van der Waals surface area contributed by atoms with Crippen molar-refractivity contribution in [2.75, 3.05) is 24.5 Å². The average Bonchev–Trinajstić information content (AvgIpc) is 2.61. The van der Waals surface area contributed by atoms with Gasteiger partial charge in [0, 0.05) is 19.6 Å². The number of rotatable bonds is 4. The predicted molar refractivity (Wildman–Crippen MR) is 84.1 cm³/mol. The van der Waals surface area contributed by atoms with Gasteiger partial charge in [0.05, 0.1) is 10.7 Å². The van der Waals surface area contributed by atoms with Gasteiger partial charge in [0.15, 0.2) is 0 Å². The Bertz CT molecular complexity index is 406. The molecule has 2 nitrogen and oxygen atoms in total. The van der Waals surface area contributed by atoms with Crippen LogP contribution in [0.1, 0.15) is 38.7 Å². The Hall–Kier alpha value is -0.730. The van der Waals surface area contributed by atoms with E-state index in [4.69, 9.17) is 11.6 Å². The normalized spacial score (nSPS) is 20.4. The number of anilines is 1. The zero-order valence-electron chi connectivity index (χ0n) is 12.1. The third-order valence-electron chi connectivity index (χ3n) is 3.95. The summed E-state index contributed by atoms with van der Waals surface area (Å²) in [7, 11) is 0. The highest BCUT2D eigenvalue weighted by molar-refractivity contribution is 6.33. The highest BCUT2D eigenvalue weighted by Crippen LogP contribution is 2.29. The Labute approximate surface area is 122 Å². The lowest BCUT2D eigenvalue weighted by molar-refractivity contribution is 0.521. The minimum atomic E-state index is 0.844. The fourth-order valence-corrected chi connectivity index (χ4v) is 3.01. The van der Waals surface area contributed by atoms with Crippen molar-refractivity contribution >= 4 is 17.3 Å². The standard InChI is InChI=1S/C16H25ClN2/c1-3-18-12-14-6-7-16(15(17)11-14)19-9-4-5-13(2)8-10-19/h6-7,11,13,18H,3-5,8-10,12H2,1-2H3. The fraction of sp³-hybridized carbons (Fsp3) is 0.625. The van der Waals surface area contributed by atoms with E-state index in [1.807, 2.05) is 0 Å². The average molecular weight is 281 g/mol. The lowest BCUT2D eigenvalue weighted by Gasteiger charge is -2.24. The molecule has 0 bridgehead atoms. The van der Waals surface area contributed by atoms with Gasteiger partial charge in [0.25, 0.3) is 0 Å². The maximum Gasteiger partial charge on any atom is 0.0642 e. The SMILES string of the molecule is CCNCc1ccc(N2CCCC(C)CC2)c(Cl)c1. The van der Waals surface area contributed by atoms with E-state index in [1.54, 1.807) is 0 Å². The molecule has 0 amide bonds. The minimum Gasteiger partial charge on any atom is -0.370 e. The van der Waals surface area contributed by atoms with Crippen LogP contribution in [0.3, 0.4) is 0 Å². The molecular weight excluding hydrogens is 256 g/mol. The van der Waals surface area contributed by atoms with Gasteiger partial charge in [0.2, 0.25) is 0 Å². The number of hydrogen-bond acceptors (Lipinski definition) is 2. The maximum atomic E-state index is 6.46. The molecule has 1 fully saturated rings. The van der Waals surface area contributed by atoms with E-state index < -0.39 is 0 Å². The molecule has 0 aliphatic carbocycles. The van der Waals surface area contributed by atoms with Crippen molar-refractivity contribution in [3.05, 3.63) is 28.8 Å². The predicted octanol–water partition coefficient (Wildman–Crippen LogP) is 4.08. The number of hydrogen-bond donors (Lipinski definition) is 1. The summed E-state index contributed by atoms with van der Waals surface area (Å²) in [6, 6.07) is 6.48. The van der Waals surface area contributed by atoms with Gasteiger partial charge < -0.3 is 10.2 Å². The molecule has 1 aromatic carbocycles. The Morgan fingerprint density at radius 1 is 1.32 bits per heavy atom. The molecule has 0 radical (unpaired) electrons. The largest absolute Gasteiger partial charge is 0.370 e. The summed E-state index contributed by atoms with van der Waals surface area (Å²) < 4.78 is 0. The number of benzene rings is 1. The van der Waals surface area contributed by atoms with E-state index in [9.17, 15) is 0 Å². The zero-order chi connectivity index (χ0) is 13.7. The second kappa shape index (κ2) is 7.16. The van der Waals surface area contributed by atoms with Gasteiger partial charge in [0.1, 0.15) is 0 Å². The van der Waals surface area contributed by atoms with Gasteiger partial charge >= 0.3 is 0 Å². The van der Waals surface area contributed by atoms with Crippen molar-refractivity contribution in [1.29, 1.82) is 0 Å². The van der Waals surface area contributed by atoms with E-state index in [-0.39, 0.29) is 0 Å². The number of nitrogens with zero attached hydrogens (tertiary/aromatic N) is 1. The van der Waals surface area contributed by atoms with Crippen LogP contribution in [-0.4, -0.2) is 19.6 Å². The molecule has 1 heterocycles. The smallest absolute Gasteiger partial charge is 0.0642 e. The second-order valence-corrected chi connectivity index (χ2v) is 6.00. The zero-order valence-corrected chi connectivity index (χ0v) is 12.8. The molecule has 1 N–H and O–H groups in total. The van der Waals surface area contributed by atoms with Crippen molar-refractivity contribution in [2.45, 2.75) is 39.7 Å². The lowest BCUT2D eigenvalue weighted by atomic mass is 10.0. The summed E-state index contributed by atoms with van der Waals surface area (Å²) in [6.07, 6.45) is 3.89. The van der Waals surface area contributed by atoms with E-state index in [2.05, 4.69) is 42.3 Å². The van der Waals surface area contributed by atoms with Crippen LogP contribution in [0.15, 0.2) is 18.2 Å². The van der Waals surface area contributed by atoms with Crippen molar-refractivity contribution < 1.29 is 0 Å². The molecule has 2 rings (SSSR count). The quantitative estimate of drug-likeness (QED) is 0.894. The van der Waals surface area contributed by atoms with Gasteiger partial charge in [-0.1, -0.05) is 31.5 Å². The minimum absolute atomic E-state index is 0.844. The fourth-order valence-electron chi connectivity index (χ4n) is 2.69. The summed E-state index contributed by atoms with van der Waals surface area (Å²) in [6.45, 7) is 8.62. The van der Waals surface area contributed by atoms with Crippen LogP contribution in [-0.2, 0) is 6.54 Å². The van der Waals surface area contributed by atoms with Crippen LogP contribution >= 0.6 is 11.6 Å². The van der Waals surface area contributed by atoms with E-state index in [0.29, 0.717) is 0 Å². The van der Waals surface area contributed by atoms with Gasteiger partial charge in [-0.2, -0.15) is 0 Å². The van der Waals surface area contributed by atoms with Gasteiger partial charge in [-0.05, 0) is 49.4 Å². The van der Waals surface area contributed by atoms with E-state index in [1.165, 1.54) is 30.5 Å². The lowest BCUT2D eigenvalue weighted by Crippen LogP contribution is -2.24. The molecular formula is C16H25ClN2. The molecule has 1 atom stereocenters. The first kappa shape index (κ1) is 14.7. The van der Waals surface area contributed by atoms with Gasteiger partial charge in [-0.25, -0.2) is 0 Å². The topological polar surface area (TPSA) is 15.3 Å². The molecule has 0 aromatic heterocycles. The van der Waals surface area contributed by atoms with E-state index >= 15 is 0 Å². The third-order valence-corrected chi connectivity index (χ3v) is 4.25. The third kappa shape index (κ3) is 4.12. The maximum absolute atomic E-state index is 6.46. The molecule has 1 aliphatic rings. The molecule has 0 saturated carbocycles. The second-order valence-electron chi connectivity index (χ2n) is 5.59. The summed E-state index contributed by atoms with van der Waals surface area (Å²) in [5.41, 5.74) is 2.47. The molecule has 1 unspecified atom stereocenters. The van der Waals surface area contributed by atoms with Crippen LogP contribution in [0.4, 0.5) is 5.69 Å². The first-order valence-electron chi connectivity index (χ1n) is 7.44. The highest BCUT2D eigenvalue weighted by Gasteiger charge is 2.16. The first-order chi connectivity index (χ1) is 9.20. The van der Waals surface area contributed by atoms with Crippen molar-refractivity contribution in [1.82, 2.24) is 5.32 Å². The van der Waals surface area contributed by atoms with Crippen molar-refractivity contribution in [3.8, 4) is 0 Å². The van der Waals surface area contributed by atoms with Crippen LogP contribution in [0.5, 0.6) is 0 Å². The Morgan fingerprint density at radius 3 is 2.89 bits per heavy atom. The van der Waals surface area contributed by atoms with Gasteiger partial charge in [-0.3, -0.25) is 0 Å². The summed E-state index contributed by atoms with van der Waals surface area (Å²) in [5, 5.41) is 4.23. The monoisotopic (exact) mass is 280 g/mol. The van der Waals surface area contributed by atoms with Gasteiger partial charge in [-0.15, -0.1) is 0 Å². The van der Waals surface area contributed by atoms with E-state index in [0.717, 1.165) is 37.1 Å². The van der Waals surface area contributed by atoms with Crippen LogP contribution in [0.25, 0.3) is 0 Å². The van der Waals surface area contributed by atoms with Crippen LogP contribution < -0.4 is 10.2 Å². The summed E-state index contributed by atoms with van der Waals surface area (Å²) in [4.78, 5) is 2.45. The summed E-state index contributed by atoms with van der Waals surface area (Å²) >= 11 is 6.46. The Morgan fingerprint density at radius 2 is 2.16 bits per heavy atom. The Kier molecular flexibility index (Phi) is 5.53. The molecule has 3 heteroatoms. The van der Waals surface area contributed by atoms with Crippen molar-refractivity contribution in [2.24, 2.45) is 5.92 Å². The molecule has 19 heavy (non-hydrogen) atoms. The van der Waals surface area contributed by atoms with Crippen LogP contribution in [0, 0.1) is 5.92 Å².